The summed E-state index contributed by atoms with van der Waals surface area (Å²) in [6.45, 7) is 1.94. The first-order chi connectivity index (χ1) is 9.44. The van der Waals surface area contributed by atoms with Crippen molar-refractivity contribution in [2.45, 2.75) is 38.3 Å². The van der Waals surface area contributed by atoms with Gasteiger partial charge in [0.25, 0.3) is 0 Å². The minimum absolute atomic E-state index is 0.00521. The van der Waals surface area contributed by atoms with E-state index in [4.69, 9.17) is 5.11 Å². The van der Waals surface area contributed by atoms with Gasteiger partial charge in [-0.15, -0.1) is 0 Å². The van der Waals surface area contributed by atoms with Crippen LogP contribution in [0.3, 0.4) is 0 Å². The summed E-state index contributed by atoms with van der Waals surface area (Å²) < 4.78 is 4.44. The summed E-state index contributed by atoms with van der Waals surface area (Å²) in [6.07, 6.45) is 2.62. The molecule has 0 radical (unpaired) electrons. The first-order valence-electron chi connectivity index (χ1n) is 6.30. The van der Waals surface area contributed by atoms with Crippen molar-refractivity contribution in [3.63, 3.8) is 0 Å². The number of hydrogen-bond acceptors (Lipinski definition) is 5. The number of ether oxygens (including phenoxy) is 1. The highest BCUT2D eigenvalue weighted by atomic mass is 32.2. The Balaban J connectivity index is 4.33. The van der Waals surface area contributed by atoms with Crippen molar-refractivity contribution < 1.29 is 24.2 Å². The Bertz CT molecular complexity index is 338. The molecule has 0 rings (SSSR count). The summed E-state index contributed by atoms with van der Waals surface area (Å²) >= 11 is 1.60. The molecule has 7 nitrogen and oxygen atoms in total. The number of rotatable bonds is 9. The average molecular weight is 306 g/mol. The Morgan fingerprint density at radius 3 is 2.40 bits per heavy atom. The van der Waals surface area contributed by atoms with E-state index in [1.165, 1.54) is 7.11 Å². The van der Waals surface area contributed by atoms with Crippen molar-refractivity contribution in [2.75, 3.05) is 19.1 Å². The normalized spacial score (nSPS) is 13.2. The zero-order valence-electron chi connectivity index (χ0n) is 12.0. The lowest BCUT2D eigenvalue weighted by atomic mass is 10.1. The number of carboxylic acids is 1. The van der Waals surface area contributed by atoms with Gasteiger partial charge < -0.3 is 20.5 Å². The van der Waals surface area contributed by atoms with E-state index in [9.17, 15) is 14.4 Å². The first-order valence-corrected chi connectivity index (χ1v) is 7.69. The molecule has 0 heterocycles. The molecule has 0 bridgehead atoms. The smallest absolute Gasteiger partial charge is 0.326 e. The Labute approximate surface area is 122 Å². The molecule has 0 saturated heterocycles. The molecule has 0 aliphatic rings. The summed E-state index contributed by atoms with van der Waals surface area (Å²) in [7, 11) is 1.23. The lowest BCUT2D eigenvalue weighted by Gasteiger charge is -2.19. The molecule has 116 valence electrons. The zero-order chi connectivity index (χ0) is 15.5. The van der Waals surface area contributed by atoms with Gasteiger partial charge in [0.05, 0.1) is 7.11 Å². The summed E-state index contributed by atoms with van der Waals surface area (Å²) in [5, 5.41) is 14.1. The van der Waals surface area contributed by atoms with Crippen LogP contribution in [0.1, 0.15) is 26.2 Å². The van der Waals surface area contributed by atoms with E-state index in [2.05, 4.69) is 15.4 Å². The van der Waals surface area contributed by atoms with Crippen LogP contribution >= 0.6 is 11.8 Å². The van der Waals surface area contributed by atoms with Crippen LogP contribution in [0, 0.1) is 0 Å². The molecule has 0 aliphatic heterocycles. The first kappa shape index (κ1) is 18.6. The third kappa shape index (κ3) is 7.88. The summed E-state index contributed by atoms with van der Waals surface area (Å²) in [6, 6.07) is -1.66. The standard InChI is InChI=1S/C12H22N2O5S/c1-4-8(7-20-3)13-12(18)14-9(11(16)17)5-6-10(15)19-2/h8-9H,4-7H2,1-3H3,(H,16,17)(H2,13,14,18)/t8?,9-/m1/s1. The molecule has 8 heteroatoms. The molecular formula is C12H22N2O5S. The van der Waals surface area contributed by atoms with Gasteiger partial charge in [-0.25, -0.2) is 9.59 Å². The Hall–Kier alpha value is -1.44. The van der Waals surface area contributed by atoms with Crippen LogP contribution in [0.15, 0.2) is 0 Å². The van der Waals surface area contributed by atoms with Crippen molar-refractivity contribution in [1.29, 1.82) is 0 Å². The van der Waals surface area contributed by atoms with E-state index in [0.29, 0.717) is 0 Å². The van der Waals surface area contributed by atoms with Crippen LogP contribution in [-0.4, -0.2) is 54.3 Å². The fourth-order valence-electron chi connectivity index (χ4n) is 1.47. The minimum atomic E-state index is -1.18. The van der Waals surface area contributed by atoms with Gasteiger partial charge in [-0.05, 0) is 19.1 Å². The predicted octanol–water partition coefficient (Wildman–Crippen LogP) is 0.834. The van der Waals surface area contributed by atoms with Gasteiger partial charge in [-0.3, -0.25) is 4.79 Å². The molecular weight excluding hydrogens is 284 g/mol. The zero-order valence-corrected chi connectivity index (χ0v) is 12.8. The van der Waals surface area contributed by atoms with Crippen molar-refractivity contribution >= 4 is 29.7 Å². The van der Waals surface area contributed by atoms with E-state index < -0.39 is 24.0 Å². The second-order valence-corrected chi connectivity index (χ2v) is 5.09. The van der Waals surface area contributed by atoms with Crippen molar-refractivity contribution in [2.24, 2.45) is 0 Å². The largest absolute Gasteiger partial charge is 0.480 e. The maximum Gasteiger partial charge on any atom is 0.326 e. The second kappa shape index (κ2) is 10.4. The number of thioether (sulfide) groups is 1. The summed E-state index contributed by atoms with van der Waals surface area (Å²) in [4.78, 5) is 33.7. The number of carboxylic acid groups (broad SMARTS) is 1. The monoisotopic (exact) mass is 306 g/mol. The molecule has 0 aromatic carbocycles. The molecule has 20 heavy (non-hydrogen) atoms. The molecule has 0 saturated carbocycles. The molecule has 0 aliphatic carbocycles. The topological polar surface area (TPSA) is 105 Å². The highest BCUT2D eigenvalue weighted by molar-refractivity contribution is 7.98. The average Bonchev–Trinajstić information content (AvgIpc) is 2.41. The second-order valence-electron chi connectivity index (χ2n) is 4.18. The van der Waals surface area contributed by atoms with Crippen LogP contribution in [0.25, 0.3) is 0 Å². The summed E-state index contributed by atoms with van der Waals surface area (Å²) in [5.74, 6) is -0.932. The van der Waals surface area contributed by atoms with Crippen LogP contribution in [0.2, 0.25) is 0 Å². The van der Waals surface area contributed by atoms with E-state index >= 15 is 0 Å². The van der Waals surface area contributed by atoms with Gasteiger partial charge in [-0.1, -0.05) is 6.92 Å². The maximum absolute atomic E-state index is 11.7. The predicted molar refractivity (Wildman–Crippen MR) is 76.8 cm³/mol. The number of esters is 1. The van der Waals surface area contributed by atoms with Gasteiger partial charge in [0.2, 0.25) is 0 Å². The van der Waals surface area contributed by atoms with E-state index in [1.807, 2.05) is 13.2 Å². The van der Waals surface area contributed by atoms with Crippen LogP contribution in [0.5, 0.6) is 0 Å². The van der Waals surface area contributed by atoms with Crippen molar-refractivity contribution in [1.82, 2.24) is 10.6 Å². The SMILES string of the molecule is CCC(CSC)NC(=O)N[C@H](CCC(=O)OC)C(=O)O. The van der Waals surface area contributed by atoms with Gasteiger partial charge in [0.1, 0.15) is 6.04 Å². The molecule has 0 fully saturated rings. The minimum Gasteiger partial charge on any atom is -0.480 e. The molecule has 2 amide bonds. The van der Waals surface area contributed by atoms with Gasteiger partial charge in [-0.2, -0.15) is 11.8 Å². The highest BCUT2D eigenvalue weighted by Gasteiger charge is 2.22. The number of urea groups is 1. The lowest BCUT2D eigenvalue weighted by Crippen LogP contribution is -2.49. The highest BCUT2D eigenvalue weighted by Crippen LogP contribution is 2.02. The van der Waals surface area contributed by atoms with Gasteiger partial charge in [0, 0.05) is 18.2 Å². The summed E-state index contributed by atoms with van der Waals surface area (Å²) in [5.41, 5.74) is 0. The number of carbonyl (C=O) groups is 3. The molecule has 0 aromatic heterocycles. The van der Waals surface area contributed by atoms with Gasteiger partial charge >= 0.3 is 18.0 Å². The fourth-order valence-corrected chi connectivity index (χ4v) is 2.19. The Morgan fingerprint density at radius 2 is 1.95 bits per heavy atom. The molecule has 2 atom stereocenters. The molecule has 1 unspecified atom stereocenters. The third-order valence-corrected chi connectivity index (χ3v) is 3.40. The number of amides is 2. The number of nitrogens with one attached hydrogen (secondary N) is 2. The van der Waals surface area contributed by atoms with Gasteiger partial charge in [0.15, 0.2) is 0 Å². The van der Waals surface area contributed by atoms with E-state index in [0.717, 1.165) is 12.2 Å². The van der Waals surface area contributed by atoms with E-state index in [1.54, 1.807) is 11.8 Å². The van der Waals surface area contributed by atoms with Crippen LogP contribution in [0.4, 0.5) is 4.79 Å². The lowest BCUT2D eigenvalue weighted by molar-refractivity contribution is -0.142. The van der Waals surface area contributed by atoms with Crippen molar-refractivity contribution in [3.05, 3.63) is 0 Å². The number of hydrogen-bond donors (Lipinski definition) is 3. The number of methoxy groups -OCH3 is 1. The maximum atomic E-state index is 11.7. The Kier molecular flexibility index (Phi) is 9.61. The van der Waals surface area contributed by atoms with Crippen LogP contribution in [-0.2, 0) is 14.3 Å². The Morgan fingerprint density at radius 1 is 1.30 bits per heavy atom. The van der Waals surface area contributed by atoms with Crippen molar-refractivity contribution in [3.8, 4) is 0 Å². The number of carbonyl (C=O) groups excluding carboxylic acids is 2. The van der Waals surface area contributed by atoms with Crippen LogP contribution < -0.4 is 10.6 Å². The van der Waals surface area contributed by atoms with E-state index in [-0.39, 0.29) is 18.9 Å². The molecule has 3 N–H and O–H groups in total. The number of aliphatic carboxylic acids is 1. The molecule has 0 aromatic rings. The fraction of sp³-hybridized carbons (Fsp3) is 0.750. The third-order valence-electron chi connectivity index (χ3n) is 2.66. The molecule has 0 spiro atoms. The quantitative estimate of drug-likeness (QED) is 0.545.